The van der Waals surface area contributed by atoms with Gasteiger partial charge in [0.1, 0.15) is 11.3 Å². The number of carbonyl (C=O) groups is 1. The monoisotopic (exact) mass is 482 g/mol. The van der Waals surface area contributed by atoms with Gasteiger partial charge in [-0.1, -0.05) is 37.3 Å². The zero-order valence-corrected chi connectivity index (χ0v) is 20.9. The Hall–Kier alpha value is -3.55. The molecule has 0 radical (unpaired) electrons. The molecule has 0 unspecified atom stereocenters. The van der Waals surface area contributed by atoms with E-state index >= 15 is 0 Å². The summed E-state index contributed by atoms with van der Waals surface area (Å²) in [6, 6.07) is 21.7. The van der Waals surface area contributed by atoms with E-state index in [1.165, 1.54) is 13.0 Å². The maximum Gasteiger partial charge on any atom is 0.251 e. The number of piperazine rings is 1. The number of benzene rings is 2. The van der Waals surface area contributed by atoms with Gasteiger partial charge in [0.15, 0.2) is 5.65 Å². The topological polar surface area (TPSA) is 66.3 Å². The van der Waals surface area contributed by atoms with E-state index in [0.717, 1.165) is 67.4 Å². The number of aromatic nitrogens is 3. The molecule has 7 heteroatoms. The van der Waals surface area contributed by atoms with E-state index in [1.54, 1.807) is 6.20 Å². The van der Waals surface area contributed by atoms with Crippen molar-refractivity contribution in [2.24, 2.45) is 0 Å². The molecule has 0 spiro atoms. The number of fused-ring (bicyclic) bond motifs is 1. The van der Waals surface area contributed by atoms with E-state index in [9.17, 15) is 4.79 Å². The highest BCUT2D eigenvalue weighted by molar-refractivity contribution is 5.94. The van der Waals surface area contributed by atoms with Gasteiger partial charge in [-0.2, -0.15) is 0 Å². The van der Waals surface area contributed by atoms with E-state index in [2.05, 4.69) is 27.0 Å². The molecule has 0 bridgehead atoms. The molecule has 0 atom stereocenters. The maximum atomic E-state index is 12.7. The fraction of sp³-hybridized carbons (Fsp3) is 0.345. The summed E-state index contributed by atoms with van der Waals surface area (Å²) in [5.74, 6) is 0.795. The predicted octanol–water partition coefficient (Wildman–Crippen LogP) is 4.24. The van der Waals surface area contributed by atoms with Crippen LogP contribution < -0.4 is 5.32 Å². The highest BCUT2D eigenvalue weighted by atomic mass is 16.1. The maximum absolute atomic E-state index is 12.7. The summed E-state index contributed by atoms with van der Waals surface area (Å²) in [4.78, 5) is 27.2. The van der Waals surface area contributed by atoms with Crippen LogP contribution in [-0.2, 0) is 0 Å². The molecule has 36 heavy (non-hydrogen) atoms. The Labute approximate surface area is 212 Å². The predicted molar refractivity (Wildman–Crippen MR) is 144 cm³/mol. The van der Waals surface area contributed by atoms with Gasteiger partial charge in [0, 0.05) is 55.7 Å². The van der Waals surface area contributed by atoms with Crippen LogP contribution >= 0.6 is 0 Å². The smallest absolute Gasteiger partial charge is 0.251 e. The Morgan fingerprint density at radius 2 is 1.61 bits per heavy atom. The Bertz CT molecular complexity index is 1280. The third-order valence-electron chi connectivity index (χ3n) is 6.78. The molecule has 1 fully saturated rings. The molecular weight excluding hydrogens is 448 g/mol. The van der Waals surface area contributed by atoms with Crippen molar-refractivity contribution >= 4 is 17.1 Å². The number of amides is 1. The number of imidazole rings is 1. The van der Waals surface area contributed by atoms with E-state index in [-0.39, 0.29) is 5.91 Å². The molecule has 3 heterocycles. The van der Waals surface area contributed by atoms with Crippen LogP contribution in [0.5, 0.6) is 0 Å². The van der Waals surface area contributed by atoms with Crippen LogP contribution in [0.1, 0.15) is 30.1 Å². The Morgan fingerprint density at radius 1 is 0.889 bits per heavy atom. The zero-order valence-electron chi connectivity index (χ0n) is 20.9. The number of pyridine rings is 1. The molecule has 1 aliphatic heterocycles. The second-order valence-electron chi connectivity index (χ2n) is 9.32. The molecule has 1 N–H and O–H groups in total. The SMILES string of the molecule is CCCN1CCN(CCCNC(=O)c2ccc(-n3c(-c4ccccc4)nc4cccnc43)cc2)CC1. The molecule has 2 aromatic heterocycles. The van der Waals surface area contributed by atoms with Crippen LogP contribution in [0.2, 0.25) is 0 Å². The lowest BCUT2D eigenvalue weighted by molar-refractivity contribution is 0.0948. The van der Waals surface area contributed by atoms with Gasteiger partial charge in [0.25, 0.3) is 5.91 Å². The van der Waals surface area contributed by atoms with Crippen molar-refractivity contribution in [2.45, 2.75) is 19.8 Å². The van der Waals surface area contributed by atoms with E-state index in [4.69, 9.17) is 4.98 Å². The quantitative estimate of drug-likeness (QED) is 0.362. The van der Waals surface area contributed by atoms with Crippen molar-refractivity contribution in [3.8, 4) is 17.1 Å². The highest BCUT2D eigenvalue weighted by Crippen LogP contribution is 2.27. The van der Waals surface area contributed by atoms with Crippen molar-refractivity contribution in [1.82, 2.24) is 29.7 Å². The summed E-state index contributed by atoms with van der Waals surface area (Å²) in [7, 11) is 0. The lowest BCUT2D eigenvalue weighted by Crippen LogP contribution is -2.47. The van der Waals surface area contributed by atoms with E-state index in [1.807, 2.05) is 71.3 Å². The summed E-state index contributed by atoms with van der Waals surface area (Å²) in [6.45, 7) is 9.70. The third-order valence-corrected chi connectivity index (χ3v) is 6.78. The van der Waals surface area contributed by atoms with Gasteiger partial charge >= 0.3 is 0 Å². The second kappa shape index (κ2) is 11.5. The Balaban J connectivity index is 1.21. The van der Waals surface area contributed by atoms with Crippen LogP contribution in [0.4, 0.5) is 0 Å². The summed E-state index contributed by atoms with van der Waals surface area (Å²) in [6.07, 6.45) is 3.96. The molecule has 186 valence electrons. The van der Waals surface area contributed by atoms with E-state index < -0.39 is 0 Å². The van der Waals surface area contributed by atoms with E-state index in [0.29, 0.717) is 12.1 Å². The van der Waals surface area contributed by atoms with Crippen molar-refractivity contribution in [1.29, 1.82) is 0 Å². The van der Waals surface area contributed by atoms with Gasteiger partial charge < -0.3 is 15.1 Å². The number of rotatable bonds is 9. The summed E-state index contributed by atoms with van der Waals surface area (Å²) >= 11 is 0. The largest absolute Gasteiger partial charge is 0.352 e. The molecule has 4 aromatic rings. The molecule has 5 rings (SSSR count). The molecular formula is C29H34N6O. The fourth-order valence-electron chi connectivity index (χ4n) is 4.86. The second-order valence-corrected chi connectivity index (χ2v) is 9.32. The lowest BCUT2D eigenvalue weighted by Gasteiger charge is -2.34. The first-order chi connectivity index (χ1) is 17.7. The molecule has 1 saturated heterocycles. The molecule has 0 saturated carbocycles. The zero-order chi connectivity index (χ0) is 24.7. The molecule has 1 amide bonds. The van der Waals surface area contributed by atoms with Crippen LogP contribution in [-0.4, -0.2) is 76.1 Å². The third kappa shape index (κ3) is 5.48. The first-order valence-electron chi connectivity index (χ1n) is 12.9. The number of nitrogens with zero attached hydrogens (tertiary/aromatic N) is 5. The highest BCUT2D eigenvalue weighted by Gasteiger charge is 2.17. The minimum absolute atomic E-state index is 0.0359. The van der Waals surface area contributed by atoms with Crippen molar-refractivity contribution < 1.29 is 4.79 Å². The number of carbonyl (C=O) groups excluding carboxylic acids is 1. The van der Waals surface area contributed by atoms with Crippen molar-refractivity contribution in [3.05, 3.63) is 78.5 Å². The van der Waals surface area contributed by atoms with Gasteiger partial charge in [-0.3, -0.25) is 9.36 Å². The normalized spacial score (nSPS) is 14.8. The fourth-order valence-corrected chi connectivity index (χ4v) is 4.86. The number of nitrogens with one attached hydrogen (secondary N) is 1. The van der Waals surface area contributed by atoms with Gasteiger partial charge in [-0.05, 0) is 62.3 Å². The average molecular weight is 483 g/mol. The Morgan fingerprint density at radius 3 is 2.33 bits per heavy atom. The van der Waals surface area contributed by atoms with Crippen LogP contribution in [0.15, 0.2) is 72.9 Å². The van der Waals surface area contributed by atoms with Crippen LogP contribution in [0.3, 0.4) is 0 Å². The van der Waals surface area contributed by atoms with Gasteiger partial charge in [0.05, 0.1) is 0 Å². The van der Waals surface area contributed by atoms with Crippen molar-refractivity contribution in [3.63, 3.8) is 0 Å². The number of hydrogen-bond acceptors (Lipinski definition) is 5. The summed E-state index contributed by atoms with van der Waals surface area (Å²) < 4.78 is 2.05. The first kappa shape index (κ1) is 24.2. The molecule has 7 nitrogen and oxygen atoms in total. The minimum Gasteiger partial charge on any atom is -0.352 e. The summed E-state index contributed by atoms with van der Waals surface area (Å²) in [5, 5.41) is 3.08. The molecule has 2 aromatic carbocycles. The van der Waals surface area contributed by atoms with Gasteiger partial charge in [-0.25, -0.2) is 9.97 Å². The molecule has 0 aliphatic carbocycles. The van der Waals surface area contributed by atoms with Gasteiger partial charge in [-0.15, -0.1) is 0 Å². The summed E-state index contributed by atoms with van der Waals surface area (Å²) in [5.41, 5.74) is 4.23. The van der Waals surface area contributed by atoms with Crippen LogP contribution in [0.25, 0.3) is 28.2 Å². The first-order valence-corrected chi connectivity index (χ1v) is 12.9. The van der Waals surface area contributed by atoms with Gasteiger partial charge in [0.2, 0.25) is 0 Å². The lowest BCUT2D eigenvalue weighted by atomic mass is 10.1. The average Bonchev–Trinajstić information content (AvgIpc) is 3.32. The van der Waals surface area contributed by atoms with Crippen molar-refractivity contribution in [2.75, 3.05) is 45.8 Å². The van der Waals surface area contributed by atoms with Crippen LogP contribution in [0, 0.1) is 0 Å². The Kier molecular flexibility index (Phi) is 7.69. The number of hydrogen-bond donors (Lipinski definition) is 1. The standard InChI is InChI=1S/C29H34N6O/c1-2-17-33-19-21-34(22-20-33)18-7-16-31-29(36)24-11-13-25(14-12-24)35-27(23-8-4-3-5-9-23)32-26-10-6-15-30-28(26)35/h3-6,8-15H,2,7,16-22H2,1H3,(H,31,36). The minimum atomic E-state index is -0.0359. The molecule has 1 aliphatic rings.